The molecule has 0 saturated carbocycles. The first-order chi connectivity index (χ1) is 6.95. The van der Waals surface area contributed by atoms with E-state index in [4.69, 9.17) is 30.6 Å². The fraction of sp³-hybridized carbons (Fsp3) is 0.571. The number of hydrogen-bond acceptors (Lipinski definition) is 5. The fourth-order valence-corrected chi connectivity index (χ4v) is 0.415. The lowest BCUT2D eigenvalue weighted by atomic mass is 10.4. The second-order valence-corrected chi connectivity index (χ2v) is 2.22. The van der Waals surface area contributed by atoms with Crippen molar-refractivity contribution in [2.75, 3.05) is 19.7 Å². The Morgan fingerprint density at radius 1 is 1.13 bits per heavy atom. The van der Waals surface area contributed by atoms with Crippen LogP contribution in [0, 0.1) is 0 Å². The highest BCUT2D eigenvalue weighted by atomic mass is 16.4. The minimum atomic E-state index is -1.82. The van der Waals surface area contributed by atoms with Crippen molar-refractivity contribution in [2.24, 2.45) is 5.73 Å². The van der Waals surface area contributed by atoms with Gasteiger partial charge in [-0.15, -0.1) is 0 Å². The standard InChI is InChI=1S/C5H12N2O2.C2H2O4/c6-2-1-5(9)7-3-4-8;3-1(4)2(5)6/h8H,1-4,6H2,(H,7,9);(H,3,4)(H,5,6). The van der Waals surface area contributed by atoms with Crippen molar-refractivity contribution in [2.45, 2.75) is 6.42 Å². The van der Waals surface area contributed by atoms with Crippen LogP contribution < -0.4 is 11.1 Å². The molecule has 0 aromatic carbocycles. The molecule has 0 heterocycles. The lowest BCUT2D eigenvalue weighted by molar-refractivity contribution is -0.159. The highest BCUT2D eigenvalue weighted by Gasteiger charge is 2.04. The van der Waals surface area contributed by atoms with E-state index in [0.717, 1.165) is 0 Å². The Bertz CT molecular complexity index is 206. The number of hydrogen-bond donors (Lipinski definition) is 5. The van der Waals surface area contributed by atoms with Crippen LogP contribution in [0.4, 0.5) is 0 Å². The van der Waals surface area contributed by atoms with E-state index in [2.05, 4.69) is 5.32 Å². The van der Waals surface area contributed by atoms with E-state index in [0.29, 0.717) is 19.5 Å². The van der Waals surface area contributed by atoms with Gasteiger partial charge in [-0.05, 0) is 0 Å². The largest absolute Gasteiger partial charge is 0.473 e. The predicted molar refractivity (Wildman–Crippen MR) is 49.0 cm³/mol. The summed E-state index contributed by atoms with van der Waals surface area (Å²) in [5, 5.41) is 25.5. The summed E-state index contributed by atoms with van der Waals surface area (Å²) in [6.07, 6.45) is 0.333. The smallest absolute Gasteiger partial charge is 0.414 e. The second kappa shape index (κ2) is 10.4. The maximum Gasteiger partial charge on any atom is 0.414 e. The van der Waals surface area contributed by atoms with E-state index in [1.807, 2.05) is 0 Å². The molecule has 0 aromatic heterocycles. The number of nitrogens with one attached hydrogen (secondary N) is 1. The topological polar surface area (TPSA) is 150 Å². The molecule has 0 bridgehead atoms. The summed E-state index contributed by atoms with van der Waals surface area (Å²) in [7, 11) is 0. The molecule has 1 amide bonds. The SMILES string of the molecule is NCCC(=O)NCCO.O=C(O)C(=O)O. The highest BCUT2D eigenvalue weighted by Crippen LogP contribution is 1.71. The van der Waals surface area contributed by atoms with Crippen LogP contribution in [0.15, 0.2) is 0 Å². The molecule has 0 spiro atoms. The summed E-state index contributed by atoms with van der Waals surface area (Å²) in [6, 6.07) is 0. The first-order valence-corrected chi connectivity index (χ1v) is 3.99. The van der Waals surface area contributed by atoms with Gasteiger partial charge in [-0.1, -0.05) is 0 Å². The number of carbonyl (C=O) groups is 3. The molecule has 0 aliphatic carbocycles. The van der Waals surface area contributed by atoms with Gasteiger partial charge >= 0.3 is 11.9 Å². The quantitative estimate of drug-likeness (QED) is 0.332. The third-order valence-corrected chi connectivity index (χ3v) is 0.988. The summed E-state index contributed by atoms with van der Waals surface area (Å²) in [5.41, 5.74) is 5.08. The van der Waals surface area contributed by atoms with Crippen LogP contribution in [0.3, 0.4) is 0 Å². The number of carboxylic acid groups (broad SMARTS) is 2. The molecule has 0 radical (unpaired) electrons. The van der Waals surface area contributed by atoms with Gasteiger partial charge < -0.3 is 26.4 Å². The van der Waals surface area contributed by atoms with Crippen molar-refractivity contribution in [3.63, 3.8) is 0 Å². The van der Waals surface area contributed by atoms with Crippen molar-refractivity contribution in [1.29, 1.82) is 0 Å². The Morgan fingerprint density at radius 3 is 1.87 bits per heavy atom. The minimum Gasteiger partial charge on any atom is -0.473 e. The van der Waals surface area contributed by atoms with Crippen LogP contribution in [-0.2, 0) is 14.4 Å². The molecule has 0 saturated heterocycles. The van der Waals surface area contributed by atoms with Crippen LogP contribution in [-0.4, -0.2) is 52.9 Å². The summed E-state index contributed by atoms with van der Waals surface area (Å²) in [5.74, 6) is -3.75. The van der Waals surface area contributed by atoms with Gasteiger partial charge in [0.2, 0.25) is 5.91 Å². The normalized spacial score (nSPS) is 8.40. The zero-order chi connectivity index (χ0) is 12.3. The van der Waals surface area contributed by atoms with Gasteiger partial charge in [-0.25, -0.2) is 9.59 Å². The maximum atomic E-state index is 10.5. The molecule has 0 unspecified atom stereocenters. The van der Waals surface area contributed by atoms with Gasteiger partial charge in [0.05, 0.1) is 6.61 Å². The van der Waals surface area contributed by atoms with E-state index < -0.39 is 11.9 Å². The van der Waals surface area contributed by atoms with E-state index in [1.165, 1.54) is 0 Å². The molecule has 8 heteroatoms. The van der Waals surface area contributed by atoms with Crippen LogP contribution in [0.25, 0.3) is 0 Å². The molecule has 0 rings (SSSR count). The van der Waals surface area contributed by atoms with E-state index in [-0.39, 0.29) is 12.5 Å². The molecule has 0 aromatic rings. The number of aliphatic carboxylic acids is 2. The number of carbonyl (C=O) groups excluding carboxylic acids is 1. The zero-order valence-electron chi connectivity index (χ0n) is 7.97. The monoisotopic (exact) mass is 222 g/mol. The average Bonchev–Trinajstić information content (AvgIpc) is 2.16. The Morgan fingerprint density at radius 2 is 1.60 bits per heavy atom. The van der Waals surface area contributed by atoms with Gasteiger partial charge in [0.1, 0.15) is 0 Å². The maximum absolute atomic E-state index is 10.5. The fourth-order valence-electron chi connectivity index (χ4n) is 0.415. The third-order valence-electron chi connectivity index (χ3n) is 0.988. The summed E-state index contributed by atoms with van der Waals surface area (Å²) >= 11 is 0. The first-order valence-electron chi connectivity index (χ1n) is 3.99. The van der Waals surface area contributed by atoms with Crippen molar-refractivity contribution < 1.29 is 29.7 Å². The number of carboxylic acids is 2. The number of rotatable bonds is 4. The molecular formula is C7H14N2O6. The molecule has 6 N–H and O–H groups in total. The predicted octanol–water partition coefficient (Wildman–Crippen LogP) is -2.40. The Balaban J connectivity index is 0. The first kappa shape index (κ1) is 15.8. The second-order valence-electron chi connectivity index (χ2n) is 2.22. The van der Waals surface area contributed by atoms with Gasteiger partial charge in [-0.2, -0.15) is 0 Å². The van der Waals surface area contributed by atoms with Crippen molar-refractivity contribution in [3.05, 3.63) is 0 Å². The molecular weight excluding hydrogens is 208 g/mol. The van der Waals surface area contributed by atoms with Crippen LogP contribution >= 0.6 is 0 Å². The minimum absolute atomic E-state index is 0.0175. The van der Waals surface area contributed by atoms with Gasteiger partial charge in [-0.3, -0.25) is 4.79 Å². The molecule has 8 nitrogen and oxygen atoms in total. The number of aliphatic hydroxyl groups excluding tert-OH is 1. The number of nitrogens with two attached hydrogens (primary N) is 1. The van der Waals surface area contributed by atoms with Gasteiger partial charge in [0, 0.05) is 19.5 Å². The summed E-state index contributed by atoms with van der Waals surface area (Å²) < 4.78 is 0. The zero-order valence-corrected chi connectivity index (χ0v) is 7.97. The molecule has 0 fully saturated rings. The van der Waals surface area contributed by atoms with Gasteiger partial charge in [0.25, 0.3) is 0 Å². The van der Waals surface area contributed by atoms with E-state index >= 15 is 0 Å². The number of aliphatic hydroxyl groups is 1. The van der Waals surface area contributed by atoms with Crippen molar-refractivity contribution >= 4 is 17.8 Å². The summed E-state index contributed by atoms with van der Waals surface area (Å²) in [6.45, 7) is 0.659. The van der Waals surface area contributed by atoms with Crippen molar-refractivity contribution in [1.82, 2.24) is 5.32 Å². The summed E-state index contributed by atoms with van der Waals surface area (Å²) in [4.78, 5) is 28.7. The van der Waals surface area contributed by atoms with Crippen molar-refractivity contribution in [3.8, 4) is 0 Å². The lowest BCUT2D eigenvalue weighted by Crippen LogP contribution is -2.27. The van der Waals surface area contributed by atoms with Crippen LogP contribution in [0.2, 0.25) is 0 Å². The Labute approximate surface area is 85.7 Å². The molecule has 88 valence electrons. The molecule has 0 atom stereocenters. The van der Waals surface area contributed by atoms with Gasteiger partial charge in [0.15, 0.2) is 0 Å². The molecule has 15 heavy (non-hydrogen) atoms. The highest BCUT2D eigenvalue weighted by molar-refractivity contribution is 6.27. The Kier molecular flexibility index (Phi) is 11.0. The number of amides is 1. The van der Waals surface area contributed by atoms with E-state index in [9.17, 15) is 4.79 Å². The lowest BCUT2D eigenvalue weighted by Gasteiger charge is -1.98. The Hall–Kier alpha value is -1.67. The van der Waals surface area contributed by atoms with Crippen LogP contribution in [0.5, 0.6) is 0 Å². The molecule has 0 aliphatic heterocycles. The molecule has 0 aliphatic rings. The van der Waals surface area contributed by atoms with Crippen LogP contribution in [0.1, 0.15) is 6.42 Å². The third kappa shape index (κ3) is 15.1. The average molecular weight is 222 g/mol. The van der Waals surface area contributed by atoms with E-state index in [1.54, 1.807) is 0 Å².